The minimum atomic E-state index is -0.198. The van der Waals surface area contributed by atoms with Gasteiger partial charge in [-0.05, 0) is 12.1 Å². The Bertz CT molecular complexity index is 505. The van der Waals surface area contributed by atoms with Crippen molar-refractivity contribution in [3.05, 3.63) is 30.3 Å². The number of carbonyl (C=O) groups is 1. The number of nitrogens with zero attached hydrogens (tertiary/aromatic N) is 3. The fraction of sp³-hybridized carbons (Fsp3) is 0.308. The Kier molecular flexibility index (Phi) is 3.79. The lowest BCUT2D eigenvalue weighted by atomic mass is 10.1. The molecule has 1 unspecified atom stereocenters. The predicted octanol–water partition coefficient (Wildman–Crippen LogP) is 1.86. The van der Waals surface area contributed by atoms with Crippen LogP contribution >= 0.6 is 0 Å². The standard InChI is InChI=1S/C13H15N3O3/c1-9(17)16(10-5-3-2-4-6-10)11-7-12(14-18)13(8-11)15-19/h2-6,11,18-19H,7-8H2,1H3/b14-12-,15-13+. The summed E-state index contributed by atoms with van der Waals surface area (Å²) < 4.78 is 0. The molecule has 2 rings (SSSR count). The van der Waals surface area contributed by atoms with Gasteiger partial charge in [0.05, 0.1) is 0 Å². The summed E-state index contributed by atoms with van der Waals surface area (Å²) in [7, 11) is 0. The lowest BCUT2D eigenvalue weighted by Gasteiger charge is -2.27. The molecule has 0 radical (unpaired) electrons. The van der Waals surface area contributed by atoms with Crippen LogP contribution in [0.4, 0.5) is 5.69 Å². The number of hydrogen-bond donors (Lipinski definition) is 2. The Morgan fingerprint density at radius 2 is 1.68 bits per heavy atom. The largest absolute Gasteiger partial charge is 0.411 e. The van der Waals surface area contributed by atoms with E-state index in [-0.39, 0.29) is 11.9 Å². The third-order valence-electron chi connectivity index (χ3n) is 3.17. The maximum atomic E-state index is 11.8. The Hall–Kier alpha value is -2.37. The van der Waals surface area contributed by atoms with Gasteiger partial charge in [0.1, 0.15) is 11.4 Å². The first-order valence-corrected chi connectivity index (χ1v) is 5.94. The van der Waals surface area contributed by atoms with Crippen LogP contribution in [0.1, 0.15) is 19.8 Å². The summed E-state index contributed by atoms with van der Waals surface area (Å²) >= 11 is 0. The van der Waals surface area contributed by atoms with Gasteiger partial charge in [-0.3, -0.25) is 4.79 Å². The van der Waals surface area contributed by atoms with Crippen LogP contribution in [0.5, 0.6) is 0 Å². The van der Waals surface area contributed by atoms with E-state index in [1.807, 2.05) is 30.3 Å². The lowest BCUT2D eigenvalue weighted by Crippen LogP contribution is -2.37. The predicted molar refractivity (Wildman–Crippen MR) is 71.1 cm³/mol. The number of amides is 1. The van der Waals surface area contributed by atoms with Gasteiger partial charge in [0.15, 0.2) is 0 Å². The highest BCUT2D eigenvalue weighted by molar-refractivity contribution is 6.44. The van der Waals surface area contributed by atoms with E-state index < -0.39 is 0 Å². The third-order valence-corrected chi connectivity index (χ3v) is 3.17. The van der Waals surface area contributed by atoms with Gasteiger partial charge in [0, 0.05) is 31.5 Å². The van der Waals surface area contributed by atoms with E-state index in [9.17, 15) is 4.79 Å². The maximum Gasteiger partial charge on any atom is 0.224 e. The maximum absolute atomic E-state index is 11.8. The number of hydrogen-bond acceptors (Lipinski definition) is 5. The summed E-state index contributed by atoms with van der Waals surface area (Å²) in [5, 5.41) is 24.0. The second-order valence-corrected chi connectivity index (χ2v) is 4.38. The van der Waals surface area contributed by atoms with Gasteiger partial charge in [-0.25, -0.2) is 0 Å². The van der Waals surface area contributed by atoms with Gasteiger partial charge >= 0.3 is 0 Å². The molecule has 1 fully saturated rings. The molecule has 19 heavy (non-hydrogen) atoms. The number of carbonyl (C=O) groups excluding carboxylic acids is 1. The fourth-order valence-corrected chi connectivity index (χ4v) is 2.37. The van der Waals surface area contributed by atoms with Crippen LogP contribution in [0.2, 0.25) is 0 Å². The first-order chi connectivity index (χ1) is 9.17. The minimum absolute atomic E-state index is 0.104. The first-order valence-electron chi connectivity index (χ1n) is 5.94. The zero-order valence-corrected chi connectivity index (χ0v) is 10.5. The van der Waals surface area contributed by atoms with Crippen LogP contribution in [0, 0.1) is 0 Å². The molecule has 0 saturated heterocycles. The SMILES string of the molecule is CC(=O)N(c1ccccc1)C1CC(=N/O)/C(=N/O)C1. The van der Waals surface area contributed by atoms with Gasteiger partial charge in [-0.15, -0.1) is 0 Å². The molecular weight excluding hydrogens is 246 g/mol. The van der Waals surface area contributed by atoms with Gasteiger partial charge in [0.2, 0.25) is 5.91 Å². The van der Waals surface area contributed by atoms with E-state index in [0.717, 1.165) is 5.69 Å². The van der Waals surface area contributed by atoms with Crippen LogP contribution < -0.4 is 4.90 Å². The lowest BCUT2D eigenvalue weighted by molar-refractivity contribution is -0.117. The number of anilines is 1. The van der Waals surface area contributed by atoms with Crippen molar-refractivity contribution >= 4 is 23.0 Å². The molecular formula is C13H15N3O3. The van der Waals surface area contributed by atoms with Crippen LogP contribution in [0.15, 0.2) is 40.6 Å². The van der Waals surface area contributed by atoms with Gasteiger partial charge in [-0.2, -0.15) is 0 Å². The van der Waals surface area contributed by atoms with Crippen molar-refractivity contribution in [3.63, 3.8) is 0 Å². The van der Waals surface area contributed by atoms with Gasteiger partial charge in [0.25, 0.3) is 0 Å². The normalized spacial score (nSPS) is 22.9. The van der Waals surface area contributed by atoms with Crippen molar-refractivity contribution in [2.24, 2.45) is 10.3 Å². The summed E-state index contributed by atoms with van der Waals surface area (Å²) in [5.41, 5.74) is 1.40. The van der Waals surface area contributed by atoms with E-state index >= 15 is 0 Å². The van der Waals surface area contributed by atoms with E-state index in [1.165, 1.54) is 6.92 Å². The minimum Gasteiger partial charge on any atom is -0.411 e. The molecule has 0 heterocycles. The van der Waals surface area contributed by atoms with Crippen molar-refractivity contribution in [1.82, 2.24) is 0 Å². The van der Waals surface area contributed by atoms with Crippen molar-refractivity contribution in [2.75, 3.05) is 4.90 Å². The third kappa shape index (κ3) is 2.57. The van der Waals surface area contributed by atoms with Gasteiger partial charge in [-0.1, -0.05) is 28.5 Å². The van der Waals surface area contributed by atoms with Crippen molar-refractivity contribution in [3.8, 4) is 0 Å². The molecule has 0 bridgehead atoms. The molecule has 1 saturated carbocycles. The summed E-state index contributed by atoms with van der Waals surface area (Å²) in [6.07, 6.45) is 0.731. The van der Waals surface area contributed by atoms with Crippen LogP contribution in [0.3, 0.4) is 0 Å². The molecule has 1 aromatic carbocycles. The van der Waals surface area contributed by atoms with Gasteiger partial charge < -0.3 is 15.3 Å². The second kappa shape index (κ2) is 5.51. The monoisotopic (exact) mass is 261 g/mol. The fourth-order valence-electron chi connectivity index (χ4n) is 2.37. The highest BCUT2D eigenvalue weighted by Gasteiger charge is 2.34. The number of benzene rings is 1. The number of oxime groups is 2. The molecule has 0 aliphatic heterocycles. The van der Waals surface area contributed by atoms with Crippen LogP contribution in [-0.2, 0) is 4.79 Å². The highest BCUT2D eigenvalue weighted by atomic mass is 16.4. The molecule has 1 amide bonds. The second-order valence-electron chi connectivity index (χ2n) is 4.38. The zero-order valence-electron chi connectivity index (χ0n) is 10.5. The summed E-state index contributed by atoms with van der Waals surface area (Å²) in [6.45, 7) is 1.48. The molecule has 1 aliphatic rings. The molecule has 6 heteroatoms. The molecule has 1 atom stereocenters. The van der Waals surface area contributed by atoms with Crippen molar-refractivity contribution in [1.29, 1.82) is 0 Å². The molecule has 0 aromatic heterocycles. The van der Waals surface area contributed by atoms with Crippen molar-refractivity contribution < 1.29 is 15.2 Å². The van der Waals surface area contributed by atoms with E-state index in [1.54, 1.807) is 4.90 Å². The van der Waals surface area contributed by atoms with E-state index in [4.69, 9.17) is 10.4 Å². The first kappa shape index (κ1) is 13.1. The quantitative estimate of drug-likeness (QED) is 0.629. The van der Waals surface area contributed by atoms with Crippen molar-refractivity contribution in [2.45, 2.75) is 25.8 Å². The summed E-state index contributed by atoms with van der Waals surface area (Å²) in [6, 6.07) is 9.05. The van der Waals surface area contributed by atoms with E-state index in [2.05, 4.69) is 10.3 Å². The molecule has 1 aromatic rings. The van der Waals surface area contributed by atoms with Crippen LogP contribution in [-0.4, -0.2) is 33.8 Å². The van der Waals surface area contributed by atoms with Crippen LogP contribution in [0.25, 0.3) is 0 Å². The topological polar surface area (TPSA) is 85.5 Å². The smallest absolute Gasteiger partial charge is 0.224 e. The number of para-hydroxylation sites is 1. The van der Waals surface area contributed by atoms with E-state index in [0.29, 0.717) is 24.3 Å². The Morgan fingerprint density at radius 3 is 2.11 bits per heavy atom. The average molecular weight is 261 g/mol. The Balaban J connectivity index is 2.31. The molecule has 0 spiro atoms. The molecule has 1 aliphatic carbocycles. The Labute approximate surface area is 110 Å². The molecule has 6 nitrogen and oxygen atoms in total. The highest BCUT2D eigenvalue weighted by Crippen LogP contribution is 2.26. The average Bonchev–Trinajstić information content (AvgIpc) is 2.82. The zero-order chi connectivity index (χ0) is 13.8. The molecule has 100 valence electrons. The molecule has 2 N–H and O–H groups in total. The summed E-state index contributed by atoms with van der Waals surface area (Å²) in [4.78, 5) is 13.5. The Morgan fingerprint density at radius 1 is 1.16 bits per heavy atom. The number of rotatable bonds is 2. The summed E-state index contributed by atoms with van der Waals surface area (Å²) in [5.74, 6) is -0.104.